The number of carbonyl (C=O) groups is 1. The molecule has 0 radical (unpaired) electrons. The van der Waals surface area contributed by atoms with Gasteiger partial charge in [0.2, 0.25) is 0 Å². The maximum atomic E-state index is 10.8. The number of primary amides is 1. The van der Waals surface area contributed by atoms with E-state index < -0.39 is 11.7 Å². The Balaban J connectivity index is 2.71. The normalized spacial score (nSPS) is 13.2. The molecule has 94 valence electrons. The highest BCUT2D eigenvalue weighted by atomic mass is 79.9. The minimum Gasteiger partial charge on any atom is -0.444 e. The monoisotopic (exact) mass is 299 g/mol. The number of benzene rings is 1. The Hall–Kier alpha value is -1.03. The lowest BCUT2D eigenvalue weighted by atomic mass is 9.89. The molecule has 1 aromatic rings. The Morgan fingerprint density at radius 3 is 2.71 bits per heavy atom. The predicted octanol–water partition coefficient (Wildman–Crippen LogP) is 3.82. The highest BCUT2D eigenvalue weighted by molar-refractivity contribution is 9.10. The van der Waals surface area contributed by atoms with Gasteiger partial charge in [-0.15, -0.1) is 0 Å². The first-order chi connectivity index (χ1) is 7.80. The van der Waals surface area contributed by atoms with Crippen LogP contribution in [0.5, 0.6) is 0 Å². The number of hydrogen-bond acceptors (Lipinski definition) is 2. The molecule has 1 amide bonds. The summed E-state index contributed by atoms with van der Waals surface area (Å²) in [6.45, 7) is 5.84. The van der Waals surface area contributed by atoms with E-state index in [1.54, 1.807) is 0 Å². The average molecular weight is 300 g/mol. The molecular weight excluding hydrogens is 282 g/mol. The van der Waals surface area contributed by atoms with Crippen LogP contribution in [0.15, 0.2) is 28.7 Å². The van der Waals surface area contributed by atoms with Crippen molar-refractivity contribution in [3.8, 4) is 0 Å². The number of amides is 1. The quantitative estimate of drug-likeness (QED) is 0.919. The summed E-state index contributed by atoms with van der Waals surface area (Å²) in [4.78, 5) is 10.8. The summed E-state index contributed by atoms with van der Waals surface area (Å²) in [7, 11) is 0. The van der Waals surface area contributed by atoms with Crippen LogP contribution in [0.25, 0.3) is 0 Å². The van der Waals surface area contributed by atoms with Crippen LogP contribution >= 0.6 is 15.9 Å². The fourth-order valence-corrected chi connectivity index (χ4v) is 2.40. The van der Waals surface area contributed by atoms with Gasteiger partial charge in [-0.05, 0) is 43.9 Å². The van der Waals surface area contributed by atoms with Crippen LogP contribution in [0.3, 0.4) is 0 Å². The van der Waals surface area contributed by atoms with E-state index in [9.17, 15) is 4.79 Å². The Labute approximate surface area is 110 Å². The molecule has 0 aliphatic carbocycles. The van der Waals surface area contributed by atoms with Gasteiger partial charge >= 0.3 is 6.09 Å². The molecule has 0 saturated heterocycles. The zero-order chi connectivity index (χ0) is 13.1. The molecule has 0 spiro atoms. The number of rotatable bonds is 4. The van der Waals surface area contributed by atoms with Crippen molar-refractivity contribution in [3.63, 3.8) is 0 Å². The van der Waals surface area contributed by atoms with Gasteiger partial charge in [0, 0.05) is 4.47 Å². The molecule has 4 heteroatoms. The number of halogens is 1. The fourth-order valence-electron chi connectivity index (χ4n) is 1.98. The van der Waals surface area contributed by atoms with Gasteiger partial charge in [-0.3, -0.25) is 0 Å². The summed E-state index contributed by atoms with van der Waals surface area (Å²) < 4.78 is 6.14. The molecule has 17 heavy (non-hydrogen) atoms. The molecule has 0 aliphatic rings. The first kappa shape index (κ1) is 14.0. The first-order valence-electron chi connectivity index (χ1n) is 5.54. The van der Waals surface area contributed by atoms with E-state index in [0.717, 1.165) is 10.9 Å². The Morgan fingerprint density at radius 2 is 2.18 bits per heavy atom. The second-order valence-corrected chi connectivity index (χ2v) is 5.76. The van der Waals surface area contributed by atoms with E-state index in [2.05, 4.69) is 35.0 Å². The largest absolute Gasteiger partial charge is 0.444 e. The number of carbonyl (C=O) groups excluding carboxylic acids is 1. The maximum absolute atomic E-state index is 10.8. The van der Waals surface area contributed by atoms with Gasteiger partial charge in [0.1, 0.15) is 5.60 Å². The zero-order valence-corrected chi connectivity index (χ0v) is 12.0. The second kappa shape index (κ2) is 5.54. The summed E-state index contributed by atoms with van der Waals surface area (Å²) in [6.07, 6.45) is 0.00305. The van der Waals surface area contributed by atoms with Gasteiger partial charge in [0.25, 0.3) is 0 Å². The molecule has 1 rings (SSSR count). The van der Waals surface area contributed by atoms with Crippen molar-refractivity contribution in [3.05, 3.63) is 34.3 Å². The van der Waals surface area contributed by atoms with Crippen LogP contribution in [0.1, 0.15) is 38.7 Å². The fraction of sp³-hybridized carbons (Fsp3) is 0.462. The van der Waals surface area contributed by atoms with Gasteiger partial charge in [0.05, 0.1) is 0 Å². The SMILES string of the molecule is CC(CC(C)(C)OC(N)=O)c1cccc(Br)c1. The smallest absolute Gasteiger partial charge is 0.405 e. The zero-order valence-electron chi connectivity index (χ0n) is 10.4. The Morgan fingerprint density at radius 1 is 1.53 bits per heavy atom. The minimum atomic E-state index is -0.726. The molecule has 1 aromatic carbocycles. The predicted molar refractivity (Wildman–Crippen MR) is 71.9 cm³/mol. The van der Waals surface area contributed by atoms with Crippen molar-refractivity contribution in [2.24, 2.45) is 5.73 Å². The van der Waals surface area contributed by atoms with Crippen LogP contribution in [0.2, 0.25) is 0 Å². The van der Waals surface area contributed by atoms with Gasteiger partial charge in [0.15, 0.2) is 0 Å². The second-order valence-electron chi connectivity index (χ2n) is 4.84. The summed E-state index contributed by atoms with van der Waals surface area (Å²) >= 11 is 3.45. The molecule has 3 nitrogen and oxygen atoms in total. The van der Waals surface area contributed by atoms with Crippen molar-refractivity contribution >= 4 is 22.0 Å². The number of ether oxygens (including phenoxy) is 1. The van der Waals surface area contributed by atoms with Gasteiger partial charge < -0.3 is 10.5 Å². The summed E-state index contributed by atoms with van der Waals surface area (Å²) in [5, 5.41) is 0. The van der Waals surface area contributed by atoms with Crippen molar-refractivity contribution < 1.29 is 9.53 Å². The van der Waals surface area contributed by atoms with Crippen LogP contribution in [0.4, 0.5) is 4.79 Å². The summed E-state index contributed by atoms with van der Waals surface area (Å²) in [5.41, 5.74) is 5.71. The lowest BCUT2D eigenvalue weighted by Crippen LogP contribution is -2.32. The third-order valence-corrected chi connectivity index (χ3v) is 3.09. The van der Waals surface area contributed by atoms with Gasteiger partial charge in [-0.1, -0.05) is 35.0 Å². The van der Waals surface area contributed by atoms with Crippen molar-refractivity contribution in [1.82, 2.24) is 0 Å². The standard InChI is InChI=1S/C13H18BrNO2/c1-9(8-13(2,3)17-12(15)16)10-5-4-6-11(14)7-10/h4-7,9H,8H2,1-3H3,(H2,15,16). The van der Waals surface area contributed by atoms with Gasteiger partial charge in [-0.25, -0.2) is 4.79 Å². The van der Waals surface area contributed by atoms with Crippen LogP contribution < -0.4 is 5.73 Å². The Kier molecular flexibility index (Phi) is 4.57. The molecule has 0 fully saturated rings. The molecule has 0 heterocycles. The number of nitrogens with two attached hydrogens (primary N) is 1. The molecule has 0 aliphatic heterocycles. The third-order valence-electron chi connectivity index (χ3n) is 2.59. The summed E-state index contributed by atoms with van der Waals surface area (Å²) in [6, 6.07) is 8.12. The van der Waals surface area contributed by atoms with Crippen molar-refractivity contribution in [2.45, 2.75) is 38.7 Å². The summed E-state index contributed by atoms with van der Waals surface area (Å²) in [5.74, 6) is 0.293. The molecule has 0 aromatic heterocycles. The van der Waals surface area contributed by atoms with E-state index in [-0.39, 0.29) is 0 Å². The van der Waals surface area contributed by atoms with E-state index in [1.165, 1.54) is 5.56 Å². The first-order valence-corrected chi connectivity index (χ1v) is 6.33. The molecule has 0 saturated carbocycles. The molecule has 1 unspecified atom stereocenters. The van der Waals surface area contributed by atoms with E-state index >= 15 is 0 Å². The van der Waals surface area contributed by atoms with Crippen molar-refractivity contribution in [1.29, 1.82) is 0 Å². The van der Waals surface area contributed by atoms with Crippen LogP contribution in [-0.2, 0) is 4.74 Å². The van der Waals surface area contributed by atoms with E-state index in [1.807, 2.05) is 26.0 Å². The van der Waals surface area contributed by atoms with Crippen molar-refractivity contribution in [2.75, 3.05) is 0 Å². The van der Waals surface area contributed by atoms with Crippen LogP contribution in [-0.4, -0.2) is 11.7 Å². The highest BCUT2D eigenvalue weighted by Crippen LogP contribution is 2.29. The molecular formula is C13H18BrNO2. The average Bonchev–Trinajstić information content (AvgIpc) is 2.14. The molecule has 0 bridgehead atoms. The third kappa shape index (κ3) is 4.77. The number of hydrogen-bond donors (Lipinski definition) is 1. The lowest BCUT2D eigenvalue weighted by molar-refractivity contribution is 0.0349. The Bertz CT molecular complexity index is 404. The van der Waals surface area contributed by atoms with E-state index in [4.69, 9.17) is 10.5 Å². The highest BCUT2D eigenvalue weighted by Gasteiger charge is 2.25. The molecule has 1 atom stereocenters. The minimum absolute atomic E-state index is 0.293. The lowest BCUT2D eigenvalue weighted by Gasteiger charge is -2.27. The maximum Gasteiger partial charge on any atom is 0.405 e. The topological polar surface area (TPSA) is 52.3 Å². The van der Waals surface area contributed by atoms with E-state index in [0.29, 0.717) is 5.92 Å². The van der Waals surface area contributed by atoms with Crippen LogP contribution in [0, 0.1) is 0 Å². The van der Waals surface area contributed by atoms with Gasteiger partial charge in [-0.2, -0.15) is 0 Å². The molecule has 2 N–H and O–H groups in total.